The summed E-state index contributed by atoms with van der Waals surface area (Å²) in [5, 5.41) is 0.521. The van der Waals surface area contributed by atoms with Crippen molar-refractivity contribution in [1.29, 1.82) is 0 Å². The standard InChI is InChI=1S/C25H18ClF2N/c26-21-13-11-19(12-14-21)25-24(28)22(27)15-20(17-7-3-1-4-8-17)16-23(29-25)18-9-5-2-6-10-18/h1-15,20H,16H2/b22-15+,25-24+,29-23?. The maximum Gasteiger partial charge on any atom is 0.184 e. The second-order valence-electron chi connectivity index (χ2n) is 6.83. The van der Waals surface area contributed by atoms with Crippen LogP contribution in [0.25, 0.3) is 5.70 Å². The molecule has 0 aromatic heterocycles. The molecule has 1 unspecified atom stereocenters. The van der Waals surface area contributed by atoms with Crippen LogP contribution < -0.4 is 0 Å². The molecule has 144 valence electrons. The Kier molecular flexibility index (Phi) is 5.68. The lowest BCUT2D eigenvalue weighted by Gasteiger charge is -2.19. The van der Waals surface area contributed by atoms with E-state index < -0.39 is 11.7 Å². The van der Waals surface area contributed by atoms with E-state index in [9.17, 15) is 4.39 Å². The minimum atomic E-state index is -0.971. The lowest BCUT2D eigenvalue weighted by atomic mass is 9.89. The maximum atomic E-state index is 15.1. The number of rotatable bonds is 3. The molecule has 29 heavy (non-hydrogen) atoms. The number of hydrogen-bond acceptors (Lipinski definition) is 1. The summed E-state index contributed by atoms with van der Waals surface area (Å²) in [4.78, 5) is 4.61. The highest BCUT2D eigenvalue weighted by Gasteiger charge is 2.23. The topological polar surface area (TPSA) is 12.4 Å². The molecule has 0 radical (unpaired) electrons. The van der Waals surface area contributed by atoms with Crippen molar-refractivity contribution in [2.24, 2.45) is 4.99 Å². The van der Waals surface area contributed by atoms with E-state index in [-0.39, 0.29) is 11.6 Å². The second kappa shape index (κ2) is 8.54. The lowest BCUT2D eigenvalue weighted by Crippen LogP contribution is -2.10. The van der Waals surface area contributed by atoms with E-state index in [1.807, 2.05) is 60.7 Å². The average Bonchev–Trinajstić information content (AvgIpc) is 2.76. The largest absolute Gasteiger partial charge is 0.249 e. The monoisotopic (exact) mass is 405 g/mol. The van der Waals surface area contributed by atoms with Crippen LogP contribution in [0.4, 0.5) is 8.78 Å². The van der Waals surface area contributed by atoms with E-state index in [4.69, 9.17) is 11.6 Å². The zero-order valence-corrected chi connectivity index (χ0v) is 16.3. The fraction of sp³-hybridized carbons (Fsp3) is 0.0800. The van der Waals surface area contributed by atoms with Gasteiger partial charge in [-0.05, 0) is 29.3 Å². The highest BCUT2D eigenvalue weighted by atomic mass is 35.5. The zero-order valence-electron chi connectivity index (χ0n) is 15.5. The number of aliphatic imine (C=N–C) groups is 1. The van der Waals surface area contributed by atoms with E-state index in [1.54, 1.807) is 24.3 Å². The Morgan fingerprint density at radius 1 is 0.759 bits per heavy atom. The van der Waals surface area contributed by atoms with Gasteiger partial charge in [-0.3, -0.25) is 0 Å². The molecule has 0 aliphatic carbocycles. The number of nitrogens with zero attached hydrogens (tertiary/aromatic N) is 1. The summed E-state index contributed by atoms with van der Waals surface area (Å²) in [6, 6.07) is 25.7. The first kappa shape index (κ1) is 19.3. The fourth-order valence-electron chi connectivity index (χ4n) is 3.39. The number of halogens is 3. The van der Waals surface area contributed by atoms with Crippen LogP contribution in [0.1, 0.15) is 29.0 Å². The Bertz CT molecular complexity index is 1080. The van der Waals surface area contributed by atoms with E-state index in [2.05, 4.69) is 4.99 Å². The quantitative estimate of drug-likeness (QED) is 0.427. The lowest BCUT2D eigenvalue weighted by molar-refractivity contribution is 0.539. The number of hydrogen-bond donors (Lipinski definition) is 0. The first-order valence-electron chi connectivity index (χ1n) is 9.33. The van der Waals surface area contributed by atoms with Crippen molar-refractivity contribution in [2.75, 3.05) is 0 Å². The predicted octanol–water partition coefficient (Wildman–Crippen LogP) is 7.51. The van der Waals surface area contributed by atoms with Gasteiger partial charge in [0.05, 0.1) is 0 Å². The van der Waals surface area contributed by atoms with Crippen LogP contribution in [0, 0.1) is 0 Å². The molecule has 3 aromatic rings. The molecule has 1 aliphatic heterocycles. The Morgan fingerprint density at radius 2 is 1.38 bits per heavy atom. The van der Waals surface area contributed by atoms with Crippen molar-refractivity contribution in [3.05, 3.63) is 124 Å². The van der Waals surface area contributed by atoms with Gasteiger partial charge in [0.2, 0.25) is 0 Å². The van der Waals surface area contributed by atoms with Gasteiger partial charge in [0.25, 0.3) is 0 Å². The molecule has 0 saturated heterocycles. The molecule has 3 aromatic carbocycles. The highest BCUT2D eigenvalue weighted by Crippen LogP contribution is 2.35. The molecule has 0 spiro atoms. The molecule has 4 heteroatoms. The summed E-state index contributed by atoms with van der Waals surface area (Å²) in [5.74, 6) is -2.20. The predicted molar refractivity (Wildman–Crippen MR) is 115 cm³/mol. The van der Waals surface area contributed by atoms with Crippen molar-refractivity contribution in [2.45, 2.75) is 12.3 Å². The molecule has 4 rings (SSSR count). The minimum absolute atomic E-state index is 0.0271. The van der Waals surface area contributed by atoms with Gasteiger partial charge in [0.1, 0.15) is 5.70 Å². The third-order valence-electron chi connectivity index (χ3n) is 4.88. The van der Waals surface area contributed by atoms with E-state index >= 15 is 4.39 Å². The van der Waals surface area contributed by atoms with Crippen molar-refractivity contribution in [3.63, 3.8) is 0 Å². The molecule has 0 saturated carbocycles. The third-order valence-corrected chi connectivity index (χ3v) is 5.13. The zero-order chi connectivity index (χ0) is 20.2. The molecular formula is C25H18ClF2N. The molecule has 0 amide bonds. The van der Waals surface area contributed by atoms with E-state index in [1.165, 1.54) is 6.08 Å². The summed E-state index contributed by atoms with van der Waals surface area (Å²) in [5.41, 5.74) is 2.93. The van der Waals surface area contributed by atoms with Crippen LogP contribution in [-0.4, -0.2) is 5.71 Å². The van der Waals surface area contributed by atoms with Crippen LogP contribution >= 0.6 is 11.6 Å². The van der Waals surface area contributed by atoms with Crippen molar-refractivity contribution in [1.82, 2.24) is 0 Å². The van der Waals surface area contributed by atoms with Crippen LogP contribution in [-0.2, 0) is 0 Å². The molecule has 1 atom stereocenters. The van der Waals surface area contributed by atoms with Gasteiger partial charge in [-0.2, -0.15) is 0 Å². The molecule has 0 fully saturated rings. The summed E-state index contributed by atoms with van der Waals surface area (Å²) < 4.78 is 30.0. The SMILES string of the molecule is FC1=C/C(c2ccccc2)CC(c2ccccc2)=N/C(c2ccc(Cl)cc2)=C\1F. The van der Waals surface area contributed by atoms with Crippen LogP contribution in [0.2, 0.25) is 5.02 Å². The fourth-order valence-corrected chi connectivity index (χ4v) is 3.51. The summed E-state index contributed by atoms with van der Waals surface area (Å²) >= 11 is 5.95. The molecule has 1 aliphatic rings. The molecule has 0 N–H and O–H groups in total. The van der Waals surface area contributed by atoms with Crippen molar-refractivity contribution < 1.29 is 8.78 Å². The number of allylic oxidation sites excluding steroid dienone is 3. The van der Waals surface area contributed by atoms with Gasteiger partial charge < -0.3 is 0 Å². The first-order valence-corrected chi connectivity index (χ1v) is 9.71. The normalized spacial score (nSPS) is 21.6. The Hall–Kier alpha value is -3.04. The summed E-state index contributed by atoms with van der Waals surface area (Å²) in [6.07, 6.45) is 1.80. The second-order valence-corrected chi connectivity index (χ2v) is 7.27. The van der Waals surface area contributed by atoms with E-state index in [0.29, 0.717) is 22.7 Å². The van der Waals surface area contributed by atoms with Gasteiger partial charge in [0, 0.05) is 28.6 Å². The third kappa shape index (κ3) is 4.36. The average molecular weight is 406 g/mol. The van der Waals surface area contributed by atoms with Crippen molar-refractivity contribution >= 4 is 23.0 Å². The van der Waals surface area contributed by atoms with Crippen molar-refractivity contribution in [3.8, 4) is 0 Å². The highest BCUT2D eigenvalue weighted by molar-refractivity contribution is 6.30. The van der Waals surface area contributed by atoms with Gasteiger partial charge in [-0.25, -0.2) is 13.8 Å². The Morgan fingerprint density at radius 3 is 2.03 bits per heavy atom. The minimum Gasteiger partial charge on any atom is -0.249 e. The first-order chi connectivity index (χ1) is 14.1. The van der Waals surface area contributed by atoms with Gasteiger partial charge in [-0.1, -0.05) is 84.4 Å². The van der Waals surface area contributed by atoms with Crippen LogP contribution in [0.5, 0.6) is 0 Å². The van der Waals surface area contributed by atoms with Gasteiger partial charge >= 0.3 is 0 Å². The molecule has 1 heterocycles. The van der Waals surface area contributed by atoms with Crippen LogP contribution in [0.3, 0.4) is 0 Å². The molecule has 1 nitrogen and oxygen atoms in total. The van der Waals surface area contributed by atoms with Gasteiger partial charge in [0.15, 0.2) is 11.7 Å². The maximum absolute atomic E-state index is 15.1. The van der Waals surface area contributed by atoms with E-state index in [0.717, 1.165) is 11.1 Å². The Labute approximate surface area is 173 Å². The summed E-state index contributed by atoms with van der Waals surface area (Å²) in [7, 11) is 0. The molecular weight excluding hydrogens is 388 g/mol. The Balaban J connectivity index is 1.89. The summed E-state index contributed by atoms with van der Waals surface area (Å²) in [6.45, 7) is 0. The molecule has 0 bridgehead atoms. The van der Waals surface area contributed by atoms with Crippen LogP contribution in [0.15, 0.2) is 108 Å². The number of benzene rings is 3. The van der Waals surface area contributed by atoms with Gasteiger partial charge in [-0.15, -0.1) is 0 Å². The smallest absolute Gasteiger partial charge is 0.184 e.